The van der Waals surface area contributed by atoms with Gasteiger partial charge in [0, 0.05) is 16.7 Å². The summed E-state index contributed by atoms with van der Waals surface area (Å²) in [7, 11) is 1.44. The van der Waals surface area contributed by atoms with Gasteiger partial charge >= 0.3 is 0 Å². The Bertz CT molecular complexity index is 854. The molecular weight excluding hydrogens is 398 g/mol. The highest BCUT2D eigenvalue weighted by atomic mass is 32.1. The zero-order valence-corrected chi connectivity index (χ0v) is 18.0. The van der Waals surface area contributed by atoms with Crippen LogP contribution in [0.1, 0.15) is 46.5 Å². The van der Waals surface area contributed by atoms with Crippen LogP contribution in [0.25, 0.3) is 0 Å². The molecule has 0 spiro atoms. The van der Waals surface area contributed by atoms with Crippen molar-refractivity contribution in [2.45, 2.75) is 58.2 Å². The normalized spacial score (nSPS) is 49.2. The summed E-state index contributed by atoms with van der Waals surface area (Å²) in [6.07, 6.45) is 2.21. The van der Waals surface area contributed by atoms with Gasteiger partial charge in [0.2, 0.25) is 11.6 Å². The smallest absolute Gasteiger partial charge is 0.216 e. The lowest BCUT2D eigenvalue weighted by atomic mass is 9.46. The van der Waals surface area contributed by atoms with Gasteiger partial charge in [-0.3, -0.25) is 4.79 Å². The Morgan fingerprint density at radius 3 is 2.62 bits per heavy atom. The number of rotatable bonds is 1. The topological polar surface area (TPSA) is 66.8 Å². The number of thiocarbonyl (C=S) groups is 1. The van der Waals surface area contributed by atoms with Crippen LogP contribution in [0.5, 0.6) is 0 Å². The lowest BCUT2D eigenvalue weighted by Crippen LogP contribution is -2.62. The quantitative estimate of drug-likeness (QED) is 0.624. The zero-order valence-electron chi connectivity index (χ0n) is 17.2. The van der Waals surface area contributed by atoms with Crippen molar-refractivity contribution in [2.75, 3.05) is 7.11 Å². The molecule has 0 aromatic rings. The second-order valence-electron chi connectivity index (χ2n) is 9.78. The van der Waals surface area contributed by atoms with Gasteiger partial charge in [0.15, 0.2) is 5.05 Å². The van der Waals surface area contributed by atoms with Crippen LogP contribution >= 0.6 is 12.2 Å². The van der Waals surface area contributed by atoms with Gasteiger partial charge in [0.05, 0.1) is 13.2 Å². The molecule has 0 aliphatic heterocycles. The maximum absolute atomic E-state index is 15.2. The molecule has 160 valence electrons. The molecule has 0 aromatic heterocycles. The summed E-state index contributed by atoms with van der Waals surface area (Å²) in [6, 6.07) is 0. The Hall–Kier alpha value is -1.18. The first-order chi connectivity index (χ1) is 13.4. The molecule has 0 bridgehead atoms. The first-order valence-corrected chi connectivity index (χ1v) is 10.6. The summed E-state index contributed by atoms with van der Waals surface area (Å²) in [5.74, 6) is -4.27. The molecule has 0 saturated heterocycles. The fourth-order valence-corrected chi connectivity index (χ4v) is 7.79. The number of aliphatic hydroxyl groups excluding tert-OH is 1. The number of carbonyl (C=O) groups is 1. The van der Waals surface area contributed by atoms with Crippen molar-refractivity contribution in [3.05, 3.63) is 23.3 Å². The number of ketones is 1. The van der Waals surface area contributed by atoms with Gasteiger partial charge in [0.1, 0.15) is 11.4 Å². The van der Waals surface area contributed by atoms with E-state index in [-0.39, 0.29) is 29.2 Å². The van der Waals surface area contributed by atoms with Crippen LogP contribution in [0, 0.1) is 34.5 Å². The van der Waals surface area contributed by atoms with Crippen molar-refractivity contribution in [1.29, 1.82) is 0 Å². The molecule has 4 aliphatic rings. The van der Waals surface area contributed by atoms with E-state index in [0.29, 0.717) is 24.8 Å². The van der Waals surface area contributed by atoms with Crippen molar-refractivity contribution >= 4 is 23.1 Å². The maximum atomic E-state index is 15.2. The highest BCUT2D eigenvalue weighted by Crippen LogP contribution is 2.69. The van der Waals surface area contributed by atoms with E-state index in [1.807, 2.05) is 13.8 Å². The summed E-state index contributed by atoms with van der Waals surface area (Å²) >= 11 is 5.38. The molecule has 0 radical (unpaired) electrons. The summed E-state index contributed by atoms with van der Waals surface area (Å²) in [5, 5.41) is 23.0. The van der Waals surface area contributed by atoms with Gasteiger partial charge in [-0.15, -0.1) is 0 Å². The lowest BCUT2D eigenvalue weighted by Gasteiger charge is -2.59. The molecule has 29 heavy (non-hydrogen) atoms. The van der Waals surface area contributed by atoms with E-state index in [4.69, 9.17) is 17.0 Å². The highest BCUT2D eigenvalue weighted by Gasteiger charge is 2.71. The molecule has 2 N–H and O–H groups in total. The summed E-state index contributed by atoms with van der Waals surface area (Å²) in [4.78, 5) is 11.8. The molecule has 0 heterocycles. The number of ether oxygens (including phenoxy) is 1. The third-order valence-corrected chi connectivity index (χ3v) is 9.26. The van der Waals surface area contributed by atoms with Crippen LogP contribution in [0.3, 0.4) is 0 Å². The number of allylic oxidation sites excluding steroid dienone is 4. The fourth-order valence-electron chi connectivity index (χ4n) is 7.36. The van der Waals surface area contributed by atoms with Crippen LogP contribution in [-0.2, 0) is 9.53 Å². The van der Waals surface area contributed by atoms with Crippen LogP contribution in [0.2, 0.25) is 0 Å². The third-order valence-electron chi connectivity index (χ3n) is 8.78. The Labute approximate surface area is 175 Å². The van der Waals surface area contributed by atoms with Crippen LogP contribution in [0.4, 0.5) is 8.78 Å². The van der Waals surface area contributed by atoms with Crippen LogP contribution < -0.4 is 0 Å². The maximum Gasteiger partial charge on any atom is 0.216 e. The van der Waals surface area contributed by atoms with Crippen molar-refractivity contribution in [3.63, 3.8) is 0 Å². The fraction of sp³-hybridized carbons (Fsp3) is 0.727. The van der Waals surface area contributed by atoms with E-state index in [1.165, 1.54) is 13.2 Å². The van der Waals surface area contributed by atoms with Crippen molar-refractivity contribution in [2.24, 2.45) is 34.5 Å². The second kappa shape index (κ2) is 6.41. The average Bonchev–Trinajstić information content (AvgIpc) is 2.88. The SMILES string of the molecule is COC(=S)[C@@]1(O)[C@H](C)C[C@H]2[C@@H]3CCC4=CC(=O)C(F)=C(F)[C@]4(C)[C@H]3[C@@H](O)C[C@@]21C. The van der Waals surface area contributed by atoms with Gasteiger partial charge in [0.25, 0.3) is 0 Å². The standard InChI is InChI=1S/C22H28F2O4S/c1-10-7-13-12-6-5-11-8-14(25)17(23)18(24)21(11,3)16(12)15(26)9-20(13,2)22(10,27)19(29)28-4/h8,10,12-13,15-16,26-27H,5-7,9H2,1-4H3/t10-,12+,13+,15+,16-,20+,21+,22+/m1/s1. The number of fused-ring (bicyclic) bond motifs is 5. The predicted octanol–water partition coefficient (Wildman–Crippen LogP) is 3.81. The molecule has 4 rings (SSSR count). The highest BCUT2D eigenvalue weighted by molar-refractivity contribution is 7.80. The monoisotopic (exact) mass is 426 g/mol. The van der Waals surface area contributed by atoms with E-state index in [1.54, 1.807) is 6.92 Å². The molecular formula is C22H28F2O4S. The van der Waals surface area contributed by atoms with Crippen molar-refractivity contribution < 1.29 is 28.5 Å². The minimum atomic E-state index is -1.38. The van der Waals surface area contributed by atoms with Crippen LogP contribution in [0.15, 0.2) is 23.3 Å². The summed E-state index contributed by atoms with van der Waals surface area (Å²) in [6.45, 7) is 5.45. The van der Waals surface area contributed by atoms with Crippen molar-refractivity contribution in [1.82, 2.24) is 0 Å². The first-order valence-electron chi connectivity index (χ1n) is 10.2. The molecule has 0 aromatic carbocycles. The van der Waals surface area contributed by atoms with Crippen LogP contribution in [-0.4, -0.2) is 39.9 Å². The molecule has 3 saturated carbocycles. The summed E-state index contributed by atoms with van der Waals surface area (Å²) < 4.78 is 34.8. The minimum absolute atomic E-state index is 0.0316. The van der Waals surface area contributed by atoms with Gasteiger partial charge in [-0.2, -0.15) is 4.39 Å². The van der Waals surface area contributed by atoms with Gasteiger partial charge in [-0.1, -0.05) is 19.4 Å². The van der Waals surface area contributed by atoms with Gasteiger partial charge in [-0.05, 0) is 68.7 Å². The number of hydrogen-bond acceptors (Lipinski definition) is 5. The predicted molar refractivity (Wildman–Crippen MR) is 107 cm³/mol. The zero-order chi connectivity index (χ0) is 21.5. The number of carbonyl (C=O) groups excluding carboxylic acids is 1. The Morgan fingerprint density at radius 2 is 2.00 bits per heavy atom. The van der Waals surface area contributed by atoms with E-state index in [2.05, 4.69) is 0 Å². The van der Waals surface area contributed by atoms with E-state index < -0.39 is 45.9 Å². The molecule has 4 aliphatic carbocycles. The third kappa shape index (κ3) is 2.35. The van der Waals surface area contributed by atoms with Crippen molar-refractivity contribution in [3.8, 4) is 0 Å². The molecule has 3 fully saturated rings. The number of hydrogen-bond donors (Lipinski definition) is 2. The Balaban J connectivity index is 1.82. The lowest BCUT2D eigenvalue weighted by molar-refractivity contribution is -0.154. The average molecular weight is 427 g/mol. The van der Waals surface area contributed by atoms with Gasteiger partial charge < -0.3 is 14.9 Å². The number of halogens is 2. The second-order valence-corrected chi connectivity index (χ2v) is 10.2. The minimum Gasteiger partial charge on any atom is -0.488 e. The molecule has 0 unspecified atom stereocenters. The Morgan fingerprint density at radius 1 is 1.34 bits per heavy atom. The number of methoxy groups -OCH3 is 1. The summed E-state index contributed by atoms with van der Waals surface area (Å²) in [5.41, 5.74) is -2.90. The number of aliphatic hydroxyl groups is 2. The Kier molecular flexibility index (Phi) is 4.66. The van der Waals surface area contributed by atoms with E-state index in [9.17, 15) is 19.4 Å². The molecule has 0 amide bonds. The first kappa shape index (κ1) is 21.1. The molecule has 8 atom stereocenters. The molecule has 7 heteroatoms. The van der Waals surface area contributed by atoms with Gasteiger partial charge in [-0.25, -0.2) is 4.39 Å². The molecule has 4 nitrogen and oxygen atoms in total. The largest absolute Gasteiger partial charge is 0.488 e. The van der Waals surface area contributed by atoms with E-state index in [0.717, 1.165) is 0 Å². The van der Waals surface area contributed by atoms with E-state index >= 15 is 4.39 Å².